The fourth-order valence-electron chi connectivity index (χ4n) is 3.39. The van der Waals surface area contributed by atoms with Gasteiger partial charge in [-0.15, -0.1) is 0 Å². The number of hydrogen-bond acceptors (Lipinski definition) is 3. The maximum absolute atomic E-state index is 6.05. The molecule has 4 rings (SSSR count). The Morgan fingerprint density at radius 2 is 1.45 bits per heavy atom. The average molecular weight is 383 g/mol. The van der Waals surface area contributed by atoms with Gasteiger partial charge in [0, 0.05) is 0 Å². The fraction of sp³-hybridized carbons (Fsp3) is 0.115. The zero-order valence-corrected chi connectivity index (χ0v) is 16.6. The van der Waals surface area contributed by atoms with E-state index in [0.29, 0.717) is 0 Å². The van der Waals surface area contributed by atoms with Crippen LogP contribution in [0.2, 0.25) is 0 Å². The van der Waals surface area contributed by atoms with Gasteiger partial charge >= 0.3 is 0 Å². The lowest BCUT2D eigenvalue weighted by atomic mass is 9.89. The first kappa shape index (κ1) is 18.9. The summed E-state index contributed by atoms with van der Waals surface area (Å²) in [5.41, 5.74) is 4.42. The molecule has 1 aliphatic carbocycles. The molecule has 0 aliphatic heterocycles. The van der Waals surface area contributed by atoms with Crippen molar-refractivity contribution in [2.24, 2.45) is 0 Å². The van der Waals surface area contributed by atoms with E-state index in [0.717, 1.165) is 51.7 Å². The minimum atomic E-state index is 0.817. The Hall–Kier alpha value is -3.46. The summed E-state index contributed by atoms with van der Waals surface area (Å²) in [7, 11) is 3.37. The second kappa shape index (κ2) is 8.70. The van der Waals surface area contributed by atoms with Gasteiger partial charge in [-0.3, -0.25) is 0 Å². The molecule has 0 aromatic heterocycles. The quantitative estimate of drug-likeness (QED) is 0.498. The van der Waals surface area contributed by atoms with E-state index in [-0.39, 0.29) is 0 Å². The number of ether oxygens (including phenoxy) is 3. The van der Waals surface area contributed by atoms with Gasteiger partial charge in [-0.05, 0) is 83.7 Å². The monoisotopic (exact) mass is 383 g/mol. The highest BCUT2D eigenvalue weighted by atomic mass is 16.5. The van der Waals surface area contributed by atoms with E-state index in [9.17, 15) is 0 Å². The Bertz CT molecular complexity index is 1050. The maximum Gasteiger partial charge on any atom is 0.127 e. The van der Waals surface area contributed by atoms with E-state index in [1.807, 2.05) is 54.6 Å². The molecule has 3 heteroatoms. The highest BCUT2D eigenvalue weighted by molar-refractivity contribution is 5.87. The van der Waals surface area contributed by atoms with Gasteiger partial charge in [0.15, 0.2) is 0 Å². The van der Waals surface area contributed by atoms with Crippen LogP contribution < -0.4 is 14.2 Å². The van der Waals surface area contributed by atoms with Crippen LogP contribution >= 0.6 is 0 Å². The van der Waals surface area contributed by atoms with E-state index in [2.05, 4.69) is 36.8 Å². The molecule has 0 heterocycles. The summed E-state index contributed by atoms with van der Waals surface area (Å²) in [6, 6.07) is 24.1. The fourth-order valence-corrected chi connectivity index (χ4v) is 3.39. The van der Waals surface area contributed by atoms with Gasteiger partial charge in [-0.1, -0.05) is 36.4 Å². The minimum Gasteiger partial charge on any atom is -0.497 e. The highest BCUT2D eigenvalue weighted by Gasteiger charge is 2.15. The summed E-state index contributed by atoms with van der Waals surface area (Å²) < 4.78 is 17.0. The zero-order chi connectivity index (χ0) is 20.1. The maximum atomic E-state index is 6.05. The van der Waals surface area contributed by atoms with Crippen molar-refractivity contribution in [2.45, 2.75) is 6.42 Å². The molecule has 3 aromatic carbocycles. The SMILES string of the molecule is COc1cccc(-c2cc(OC)ccc2C2=CC(Oc3ccccc3)=CC[CH]2)c1. The molecule has 0 saturated heterocycles. The van der Waals surface area contributed by atoms with Crippen LogP contribution in [0.4, 0.5) is 0 Å². The number of allylic oxidation sites excluding steroid dienone is 3. The second-order valence-electron chi connectivity index (χ2n) is 6.70. The first-order valence-electron chi connectivity index (χ1n) is 9.57. The summed E-state index contributed by atoms with van der Waals surface area (Å²) >= 11 is 0. The van der Waals surface area contributed by atoms with Gasteiger partial charge < -0.3 is 14.2 Å². The van der Waals surface area contributed by atoms with Crippen LogP contribution in [0.3, 0.4) is 0 Å². The molecule has 0 N–H and O–H groups in total. The molecule has 1 aliphatic rings. The lowest BCUT2D eigenvalue weighted by Gasteiger charge is -2.19. The van der Waals surface area contributed by atoms with Gasteiger partial charge in [0.2, 0.25) is 0 Å². The molecule has 145 valence electrons. The summed E-state index contributed by atoms with van der Waals surface area (Å²) in [6.07, 6.45) is 7.20. The third-order valence-electron chi connectivity index (χ3n) is 4.85. The van der Waals surface area contributed by atoms with Crippen molar-refractivity contribution in [3.8, 4) is 28.4 Å². The Morgan fingerprint density at radius 1 is 0.690 bits per heavy atom. The van der Waals surface area contributed by atoms with Crippen LogP contribution in [0.1, 0.15) is 12.0 Å². The molecule has 0 bridgehead atoms. The standard InChI is InChI=1S/C26H23O3/c1-27-22-12-6-9-20(16-22)26-18-23(28-2)14-15-25(26)19-8-7-13-24(17-19)29-21-10-4-3-5-11-21/h3-6,8-18H,7H2,1-2H3. The zero-order valence-electron chi connectivity index (χ0n) is 16.6. The van der Waals surface area contributed by atoms with Crippen molar-refractivity contribution in [3.63, 3.8) is 0 Å². The number of methoxy groups -OCH3 is 2. The summed E-state index contributed by atoms with van der Waals surface area (Å²) in [4.78, 5) is 0. The summed E-state index contributed by atoms with van der Waals surface area (Å²) in [6.45, 7) is 0. The van der Waals surface area contributed by atoms with Crippen LogP contribution in [-0.2, 0) is 0 Å². The van der Waals surface area contributed by atoms with Gasteiger partial charge in [0.25, 0.3) is 0 Å². The topological polar surface area (TPSA) is 27.7 Å². The summed E-state index contributed by atoms with van der Waals surface area (Å²) in [5, 5.41) is 0. The molecule has 3 aromatic rings. The molecule has 1 radical (unpaired) electrons. The molecular weight excluding hydrogens is 360 g/mol. The number of benzene rings is 3. The molecule has 0 spiro atoms. The van der Waals surface area contributed by atoms with Gasteiger partial charge in [-0.2, -0.15) is 0 Å². The van der Waals surface area contributed by atoms with Crippen molar-refractivity contribution in [2.75, 3.05) is 14.2 Å². The van der Waals surface area contributed by atoms with E-state index in [4.69, 9.17) is 14.2 Å². The van der Waals surface area contributed by atoms with E-state index < -0.39 is 0 Å². The van der Waals surface area contributed by atoms with Crippen molar-refractivity contribution in [1.82, 2.24) is 0 Å². The van der Waals surface area contributed by atoms with Crippen LogP contribution in [0.5, 0.6) is 17.2 Å². The molecule has 0 amide bonds. The molecule has 0 saturated carbocycles. The molecule has 0 fully saturated rings. The largest absolute Gasteiger partial charge is 0.497 e. The number of rotatable bonds is 6. The molecular formula is C26H23O3. The van der Waals surface area contributed by atoms with E-state index >= 15 is 0 Å². The van der Waals surface area contributed by atoms with Crippen molar-refractivity contribution in [3.05, 3.63) is 103 Å². The summed E-state index contributed by atoms with van der Waals surface area (Å²) in [5.74, 6) is 3.32. The Labute approximate surface area is 171 Å². The molecule has 0 atom stereocenters. The second-order valence-corrected chi connectivity index (χ2v) is 6.70. The lowest BCUT2D eigenvalue weighted by Crippen LogP contribution is -2.01. The third-order valence-corrected chi connectivity index (χ3v) is 4.85. The Balaban J connectivity index is 1.73. The number of para-hydroxylation sites is 1. The van der Waals surface area contributed by atoms with Crippen LogP contribution in [0, 0.1) is 6.42 Å². The van der Waals surface area contributed by atoms with E-state index in [1.165, 1.54) is 0 Å². The van der Waals surface area contributed by atoms with Crippen molar-refractivity contribution >= 4 is 5.57 Å². The normalized spacial score (nSPS) is 13.3. The van der Waals surface area contributed by atoms with Crippen LogP contribution in [-0.4, -0.2) is 14.2 Å². The van der Waals surface area contributed by atoms with Crippen LogP contribution in [0.15, 0.2) is 90.7 Å². The van der Waals surface area contributed by atoms with Crippen molar-refractivity contribution in [1.29, 1.82) is 0 Å². The third kappa shape index (κ3) is 4.35. The highest BCUT2D eigenvalue weighted by Crippen LogP contribution is 2.37. The average Bonchev–Trinajstić information content (AvgIpc) is 2.79. The molecule has 3 nitrogen and oxygen atoms in total. The Morgan fingerprint density at radius 3 is 2.24 bits per heavy atom. The minimum absolute atomic E-state index is 0.817. The molecule has 29 heavy (non-hydrogen) atoms. The molecule has 0 unspecified atom stereocenters. The van der Waals surface area contributed by atoms with Crippen molar-refractivity contribution < 1.29 is 14.2 Å². The smallest absolute Gasteiger partial charge is 0.127 e. The Kier molecular flexibility index (Phi) is 5.66. The van der Waals surface area contributed by atoms with Gasteiger partial charge in [-0.25, -0.2) is 0 Å². The lowest BCUT2D eigenvalue weighted by molar-refractivity contribution is 0.414. The van der Waals surface area contributed by atoms with Gasteiger partial charge in [0.1, 0.15) is 23.0 Å². The first-order valence-corrected chi connectivity index (χ1v) is 9.57. The van der Waals surface area contributed by atoms with Crippen LogP contribution in [0.25, 0.3) is 16.7 Å². The predicted octanol–water partition coefficient (Wildman–Crippen LogP) is 6.33. The van der Waals surface area contributed by atoms with Gasteiger partial charge in [0.05, 0.1) is 14.2 Å². The van der Waals surface area contributed by atoms with E-state index in [1.54, 1.807) is 14.2 Å². The first-order chi connectivity index (χ1) is 14.3. The predicted molar refractivity (Wildman–Crippen MR) is 117 cm³/mol. The number of hydrogen-bond donors (Lipinski definition) is 0.